The minimum atomic E-state index is -2.51. The Labute approximate surface area is 160 Å². The zero-order chi connectivity index (χ0) is 19.7. The van der Waals surface area contributed by atoms with Crippen LogP contribution in [-0.4, -0.2) is 39.5 Å². The van der Waals surface area contributed by atoms with Gasteiger partial charge in [-0.15, -0.1) is 0 Å². The number of rotatable bonds is 5. The molecule has 1 aliphatic heterocycles. The molecule has 1 atom stereocenters. The molecule has 3 aromatic rings. The van der Waals surface area contributed by atoms with Crippen LogP contribution < -0.4 is 4.90 Å². The first-order valence-electron chi connectivity index (χ1n) is 8.67. The number of para-hydroxylation sites is 1. The van der Waals surface area contributed by atoms with Crippen molar-refractivity contribution in [2.24, 2.45) is 4.99 Å². The molecule has 1 unspecified atom stereocenters. The van der Waals surface area contributed by atoms with Crippen LogP contribution in [0.15, 0.2) is 53.5 Å². The highest BCUT2D eigenvalue weighted by Gasteiger charge is 2.28. The highest BCUT2D eigenvalue weighted by Crippen LogP contribution is 2.34. The summed E-state index contributed by atoms with van der Waals surface area (Å²) in [4.78, 5) is 15.0. The maximum absolute atomic E-state index is 13.0. The molecule has 0 fully saturated rings. The van der Waals surface area contributed by atoms with Crippen molar-refractivity contribution in [1.82, 2.24) is 19.7 Å². The van der Waals surface area contributed by atoms with E-state index >= 15 is 0 Å². The second kappa shape index (κ2) is 7.34. The normalized spacial score (nSPS) is 16.7. The highest BCUT2D eigenvalue weighted by atomic mass is 19.3. The van der Waals surface area contributed by atoms with E-state index in [0.29, 0.717) is 28.6 Å². The Bertz CT molecular complexity index is 1060. The summed E-state index contributed by atoms with van der Waals surface area (Å²) in [6, 6.07) is 9.03. The van der Waals surface area contributed by atoms with Gasteiger partial charge in [0.25, 0.3) is 6.43 Å². The topological polar surface area (TPSA) is 68.4 Å². The molecule has 0 aliphatic carbocycles. The van der Waals surface area contributed by atoms with Crippen molar-refractivity contribution in [3.8, 4) is 0 Å². The third-order valence-electron chi connectivity index (χ3n) is 4.38. The van der Waals surface area contributed by atoms with Gasteiger partial charge in [-0.2, -0.15) is 5.10 Å². The highest BCUT2D eigenvalue weighted by molar-refractivity contribution is 5.85. The van der Waals surface area contributed by atoms with Gasteiger partial charge in [-0.05, 0) is 19.1 Å². The summed E-state index contributed by atoms with van der Waals surface area (Å²) in [6.45, 7) is 1.31. The van der Waals surface area contributed by atoms with E-state index in [1.807, 2.05) is 12.1 Å². The molecule has 1 aliphatic rings. The lowest BCUT2D eigenvalue weighted by atomic mass is 10.1. The van der Waals surface area contributed by atoms with Crippen molar-refractivity contribution >= 4 is 22.9 Å². The summed E-state index contributed by atoms with van der Waals surface area (Å²) >= 11 is 0. The number of aromatic nitrogens is 4. The lowest BCUT2D eigenvalue weighted by Gasteiger charge is -2.29. The monoisotopic (exact) mass is 384 g/mol. The first-order valence-corrected chi connectivity index (χ1v) is 8.67. The fourth-order valence-electron chi connectivity index (χ4n) is 3.16. The number of hydrogen-bond donors (Lipinski definition) is 0. The van der Waals surface area contributed by atoms with Crippen LogP contribution in [0.25, 0.3) is 10.9 Å². The number of nitrogens with zero attached hydrogens (tertiary/aromatic N) is 6. The first kappa shape index (κ1) is 18.0. The molecule has 3 heterocycles. The van der Waals surface area contributed by atoms with Crippen LogP contribution in [0, 0.1) is 6.92 Å². The fraction of sp³-hybridized carbons (Fsp3) is 0.263. The van der Waals surface area contributed by atoms with Gasteiger partial charge >= 0.3 is 0 Å². The summed E-state index contributed by atoms with van der Waals surface area (Å²) in [5.74, 6) is 1.76. The molecule has 28 heavy (non-hydrogen) atoms. The molecule has 0 spiro atoms. The molecule has 9 heteroatoms. The zero-order valence-corrected chi connectivity index (χ0v) is 15.3. The van der Waals surface area contributed by atoms with Gasteiger partial charge in [-0.1, -0.05) is 18.2 Å². The summed E-state index contributed by atoms with van der Waals surface area (Å²) < 4.78 is 32.7. The maximum Gasteiger partial charge on any atom is 0.257 e. The molecule has 144 valence electrons. The van der Waals surface area contributed by atoms with Crippen LogP contribution in [0.1, 0.15) is 17.7 Å². The van der Waals surface area contributed by atoms with Gasteiger partial charge in [-0.3, -0.25) is 9.67 Å². The summed E-state index contributed by atoms with van der Waals surface area (Å²) in [6.07, 6.45) is 1.93. The van der Waals surface area contributed by atoms with E-state index in [2.05, 4.69) is 20.1 Å². The molecule has 0 saturated heterocycles. The number of ether oxygens (including phenoxy) is 1. The summed E-state index contributed by atoms with van der Waals surface area (Å²) in [5.41, 5.74) is 1.20. The van der Waals surface area contributed by atoms with E-state index in [4.69, 9.17) is 4.74 Å². The average Bonchev–Trinajstić information content (AvgIpc) is 3.05. The number of halogens is 2. The van der Waals surface area contributed by atoms with Crippen LogP contribution in [0.2, 0.25) is 0 Å². The van der Waals surface area contributed by atoms with Gasteiger partial charge < -0.3 is 9.64 Å². The quantitative estimate of drug-likeness (QED) is 0.674. The van der Waals surface area contributed by atoms with E-state index in [1.54, 1.807) is 55.7 Å². The molecule has 0 N–H and O–H groups in total. The molecule has 0 radical (unpaired) electrons. The van der Waals surface area contributed by atoms with Gasteiger partial charge in [0, 0.05) is 11.6 Å². The van der Waals surface area contributed by atoms with E-state index in [-0.39, 0.29) is 0 Å². The lowest BCUT2D eigenvalue weighted by Crippen LogP contribution is -2.27. The van der Waals surface area contributed by atoms with Crippen LogP contribution in [-0.2, 0) is 11.3 Å². The predicted octanol–water partition coefficient (Wildman–Crippen LogP) is 3.48. The minimum Gasteiger partial charge on any atom is -0.494 e. The number of alkyl halides is 2. The van der Waals surface area contributed by atoms with E-state index in [9.17, 15) is 8.78 Å². The Morgan fingerprint density at radius 2 is 2.04 bits per heavy atom. The largest absolute Gasteiger partial charge is 0.494 e. The molecule has 4 rings (SSSR count). The van der Waals surface area contributed by atoms with Crippen molar-refractivity contribution in [1.29, 1.82) is 0 Å². The third kappa shape index (κ3) is 3.30. The molecular formula is C19H18F2N6O. The molecular weight excluding hydrogens is 366 g/mol. The van der Waals surface area contributed by atoms with E-state index in [0.717, 1.165) is 5.39 Å². The van der Waals surface area contributed by atoms with Crippen molar-refractivity contribution in [3.63, 3.8) is 0 Å². The molecule has 2 aromatic heterocycles. The van der Waals surface area contributed by atoms with E-state index in [1.165, 1.54) is 4.68 Å². The van der Waals surface area contributed by atoms with Crippen molar-refractivity contribution < 1.29 is 13.5 Å². The number of hydrogen-bond acceptors (Lipinski definition) is 6. The molecule has 0 bridgehead atoms. The number of fused-ring (bicyclic) bond motifs is 1. The molecule has 1 aromatic carbocycles. The van der Waals surface area contributed by atoms with Crippen LogP contribution in [0.3, 0.4) is 0 Å². The van der Waals surface area contributed by atoms with Crippen molar-refractivity contribution in [2.75, 3.05) is 12.0 Å². The second-order valence-electron chi connectivity index (χ2n) is 6.23. The number of methoxy groups -OCH3 is 1. The van der Waals surface area contributed by atoms with E-state index < -0.39 is 19.1 Å². The number of benzene rings is 1. The third-order valence-corrected chi connectivity index (χ3v) is 4.38. The van der Waals surface area contributed by atoms with Crippen LogP contribution in [0.5, 0.6) is 0 Å². The maximum atomic E-state index is 13.0. The van der Waals surface area contributed by atoms with Gasteiger partial charge in [0.1, 0.15) is 23.9 Å². The Hall–Kier alpha value is -3.36. The number of aliphatic imine (C=N–C) groups is 1. The molecule has 7 nitrogen and oxygen atoms in total. The number of aryl methyl sites for hydroxylation is 1. The number of anilines is 1. The van der Waals surface area contributed by atoms with Gasteiger partial charge in [-0.25, -0.2) is 18.7 Å². The van der Waals surface area contributed by atoms with Gasteiger partial charge in [0.15, 0.2) is 11.9 Å². The minimum absolute atomic E-state index is 0.483. The summed E-state index contributed by atoms with van der Waals surface area (Å²) in [5, 5.41) is 5.23. The van der Waals surface area contributed by atoms with Crippen LogP contribution in [0.4, 0.5) is 14.6 Å². The number of allylic oxidation sites excluding steroid dienone is 1. The van der Waals surface area contributed by atoms with Gasteiger partial charge in [0.05, 0.1) is 25.0 Å². The fourth-order valence-corrected chi connectivity index (χ4v) is 3.16. The van der Waals surface area contributed by atoms with Gasteiger partial charge in [0.2, 0.25) is 0 Å². The Morgan fingerprint density at radius 1 is 1.21 bits per heavy atom. The lowest BCUT2D eigenvalue weighted by molar-refractivity contribution is 0.123. The predicted molar refractivity (Wildman–Crippen MR) is 101 cm³/mol. The Balaban J connectivity index is 1.85. The zero-order valence-electron chi connectivity index (χ0n) is 15.3. The molecule has 0 saturated carbocycles. The van der Waals surface area contributed by atoms with Crippen LogP contribution >= 0.6 is 0 Å². The second-order valence-corrected chi connectivity index (χ2v) is 6.23. The average molecular weight is 384 g/mol. The summed E-state index contributed by atoms with van der Waals surface area (Å²) in [7, 11) is 1.55. The Morgan fingerprint density at radius 3 is 2.79 bits per heavy atom. The van der Waals surface area contributed by atoms with Crippen molar-refractivity contribution in [3.05, 3.63) is 60.0 Å². The smallest absolute Gasteiger partial charge is 0.257 e. The Kier molecular flexibility index (Phi) is 4.72. The molecule has 0 amide bonds. The first-order chi connectivity index (χ1) is 13.6. The SMILES string of the molecule is COC1=CN(c2ccnc(C)n2)C(c2nn(CC(F)F)c3ccccc23)N=C1. The van der Waals surface area contributed by atoms with Crippen molar-refractivity contribution in [2.45, 2.75) is 26.1 Å². The standard InChI is InChI=1S/C19H18F2N6O/c1-12-22-8-7-17(24-12)26-10-13(28-2)9-23-19(26)18-14-5-3-4-6-15(14)27(25-18)11-16(20)21/h3-10,16,19H,11H2,1-2H3.